The van der Waals surface area contributed by atoms with Crippen LogP contribution in [0.1, 0.15) is 41.5 Å². The van der Waals surface area contributed by atoms with Gasteiger partial charge >= 0.3 is 0 Å². The Morgan fingerprint density at radius 2 is 0.967 bits per heavy atom. The van der Waals surface area contributed by atoms with Crippen LogP contribution in [0.5, 0.6) is 0 Å². The molecule has 2 heterocycles. The lowest BCUT2D eigenvalue weighted by atomic mass is 9.97. The number of aliphatic hydroxyl groups excluding tert-OH is 2. The molecule has 2 aromatic heterocycles. The largest absolute Gasteiger partial charge is 0.395 e. The highest BCUT2D eigenvalue weighted by molar-refractivity contribution is 5.94. The van der Waals surface area contributed by atoms with Crippen molar-refractivity contribution in [2.45, 2.75) is 41.5 Å². The van der Waals surface area contributed by atoms with E-state index >= 15 is 0 Å². The first-order chi connectivity index (χ1) is 14.0. The van der Waals surface area contributed by atoms with Crippen LogP contribution in [0.2, 0.25) is 0 Å². The second kappa shape index (κ2) is 10.0. The molecule has 0 aliphatic heterocycles. The monoisotopic (exact) mass is 420 g/mol. The van der Waals surface area contributed by atoms with Crippen molar-refractivity contribution < 1.29 is 10.2 Å². The van der Waals surface area contributed by atoms with Gasteiger partial charge in [0.15, 0.2) is 11.6 Å². The summed E-state index contributed by atoms with van der Waals surface area (Å²) >= 11 is 0. The molecule has 6 N–H and O–H groups in total. The lowest BCUT2D eigenvalue weighted by Gasteiger charge is -2.22. The zero-order chi connectivity index (χ0) is 22.4. The first-order valence-electron chi connectivity index (χ1n) is 10.3. The van der Waals surface area contributed by atoms with E-state index in [1.165, 1.54) is 0 Å². The third kappa shape index (κ3) is 7.42. The highest BCUT2D eigenvalue weighted by Gasteiger charge is 2.19. The van der Waals surface area contributed by atoms with E-state index in [-0.39, 0.29) is 24.0 Å². The minimum atomic E-state index is -0.0260. The van der Waals surface area contributed by atoms with E-state index in [9.17, 15) is 0 Å². The molecule has 2 rings (SSSR count). The molecule has 0 aliphatic carbocycles. The quantitative estimate of drug-likeness (QED) is 0.339. The Balaban J connectivity index is 2.58. The first-order valence-corrected chi connectivity index (χ1v) is 10.3. The van der Waals surface area contributed by atoms with Crippen molar-refractivity contribution in [2.24, 2.45) is 10.8 Å². The van der Waals surface area contributed by atoms with Gasteiger partial charge in [-0.15, -0.1) is 0 Å². The zero-order valence-electron chi connectivity index (χ0n) is 18.9. The highest BCUT2D eigenvalue weighted by Crippen LogP contribution is 2.28. The molecule has 0 fully saturated rings. The normalized spacial score (nSPS) is 12.1. The Morgan fingerprint density at radius 3 is 1.27 bits per heavy atom. The number of rotatable bonds is 10. The summed E-state index contributed by atoms with van der Waals surface area (Å²) in [7, 11) is 0. The molecule has 2 aromatic rings. The van der Waals surface area contributed by atoms with Crippen LogP contribution in [0, 0.1) is 10.8 Å². The van der Waals surface area contributed by atoms with Gasteiger partial charge in [-0.1, -0.05) is 41.5 Å². The summed E-state index contributed by atoms with van der Waals surface area (Å²) in [5, 5.41) is 31.1. The number of anilines is 4. The minimum Gasteiger partial charge on any atom is -0.395 e. The Labute approximate surface area is 178 Å². The maximum atomic E-state index is 9.17. The van der Waals surface area contributed by atoms with Crippen LogP contribution >= 0.6 is 0 Å². The number of nitrogens with zero attached hydrogens (tertiary/aromatic N) is 4. The second-order valence-corrected chi connectivity index (χ2v) is 9.62. The molecule has 0 bridgehead atoms. The van der Waals surface area contributed by atoms with Crippen molar-refractivity contribution in [3.63, 3.8) is 0 Å². The summed E-state index contributed by atoms with van der Waals surface area (Å²) in [6, 6.07) is 0. The average Bonchev–Trinajstić information content (AvgIpc) is 2.66. The molecule has 10 nitrogen and oxygen atoms in total. The number of hydrogen-bond acceptors (Lipinski definition) is 10. The van der Waals surface area contributed by atoms with Gasteiger partial charge in [-0.05, 0) is 10.8 Å². The van der Waals surface area contributed by atoms with Crippen molar-refractivity contribution in [1.29, 1.82) is 0 Å². The van der Waals surface area contributed by atoms with E-state index in [1.807, 2.05) is 0 Å². The lowest BCUT2D eigenvalue weighted by Crippen LogP contribution is -2.22. The molecular weight excluding hydrogens is 384 g/mol. The number of fused-ring (bicyclic) bond motifs is 1. The molecule has 0 saturated carbocycles. The van der Waals surface area contributed by atoms with Gasteiger partial charge in [-0.25, -0.2) is 9.97 Å². The van der Waals surface area contributed by atoms with E-state index in [4.69, 9.17) is 10.2 Å². The molecule has 0 spiro atoms. The molecule has 0 saturated heterocycles. The van der Waals surface area contributed by atoms with Gasteiger partial charge in [0.25, 0.3) is 0 Å². The van der Waals surface area contributed by atoms with E-state index < -0.39 is 0 Å². The SMILES string of the molecule is CC(C)(C)CNc1nc(NCCO)nc2c(NCC(C)(C)C)nc(NCCO)nc12. The first kappa shape index (κ1) is 23.8. The van der Waals surface area contributed by atoms with E-state index in [0.717, 1.165) is 0 Å². The third-order valence-electron chi connectivity index (χ3n) is 3.91. The summed E-state index contributed by atoms with van der Waals surface area (Å²) in [6.07, 6.45) is 0. The Hall–Kier alpha value is -2.46. The topological polar surface area (TPSA) is 140 Å². The molecule has 168 valence electrons. The van der Waals surface area contributed by atoms with Crippen molar-refractivity contribution >= 4 is 34.6 Å². The van der Waals surface area contributed by atoms with Crippen LogP contribution in [0.4, 0.5) is 23.5 Å². The van der Waals surface area contributed by atoms with Gasteiger partial charge in [0, 0.05) is 26.2 Å². The number of aromatic nitrogens is 4. The lowest BCUT2D eigenvalue weighted by molar-refractivity contribution is 0.310. The van der Waals surface area contributed by atoms with Crippen molar-refractivity contribution in [3.05, 3.63) is 0 Å². The van der Waals surface area contributed by atoms with Crippen LogP contribution in [-0.4, -0.2) is 69.5 Å². The van der Waals surface area contributed by atoms with Gasteiger partial charge in [-0.3, -0.25) is 0 Å². The predicted octanol–water partition coefficient (Wildman–Crippen LogP) is 2.14. The van der Waals surface area contributed by atoms with Gasteiger partial charge in [0.05, 0.1) is 13.2 Å². The maximum absolute atomic E-state index is 9.17. The van der Waals surface area contributed by atoms with Gasteiger partial charge in [0.2, 0.25) is 11.9 Å². The Bertz CT molecular complexity index is 761. The van der Waals surface area contributed by atoms with Gasteiger partial charge in [0.1, 0.15) is 11.0 Å². The summed E-state index contributed by atoms with van der Waals surface area (Å²) in [5.74, 6) is 1.96. The average molecular weight is 421 g/mol. The number of hydrogen-bond donors (Lipinski definition) is 6. The van der Waals surface area contributed by atoms with Crippen molar-refractivity contribution in [1.82, 2.24) is 19.9 Å². The molecule has 0 amide bonds. The van der Waals surface area contributed by atoms with Crippen LogP contribution in [0.15, 0.2) is 0 Å². The van der Waals surface area contributed by atoms with Crippen molar-refractivity contribution in [3.8, 4) is 0 Å². The van der Waals surface area contributed by atoms with Crippen LogP contribution < -0.4 is 21.3 Å². The molecule has 0 radical (unpaired) electrons. The maximum Gasteiger partial charge on any atom is 0.225 e. The zero-order valence-corrected chi connectivity index (χ0v) is 18.9. The number of nitrogens with one attached hydrogen (secondary N) is 4. The fraction of sp³-hybridized carbons (Fsp3) is 0.700. The second-order valence-electron chi connectivity index (χ2n) is 9.62. The van der Waals surface area contributed by atoms with E-state index in [1.54, 1.807) is 0 Å². The van der Waals surface area contributed by atoms with Crippen LogP contribution in [-0.2, 0) is 0 Å². The highest BCUT2D eigenvalue weighted by atomic mass is 16.3. The van der Waals surface area contributed by atoms with E-state index in [2.05, 4.69) is 82.7 Å². The Morgan fingerprint density at radius 1 is 0.600 bits per heavy atom. The van der Waals surface area contributed by atoms with Crippen molar-refractivity contribution in [2.75, 3.05) is 60.7 Å². The molecule has 10 heteroatoms. The van der Waals surface area contributed by atoms with Crippen LogP contribution in [0.25, 0.3) is 11.0 Å². The van der Waals surface area contributed by atoms with Crippen LogP contribution in [0.3, 0.4) is 0 Å². The van der Waals surface area contributed by atoms with Gasteiger partial charge < -0.3 is 31.5 Å². The van der Waals surface area contributed by atoms with E-state index in [0.29, 0.717) is 60.7 Å². The van der Waals surface area contributed by atoms with Gasteiger partial charge in [-0.2, -0.15) is 9.97 Å². The molecule has 0 aliphatic rings. The summed E-state index contributed by atoms with van der Waals surface area (Å²) in [6.45, 7) is 14.8. The standard InChI is InChI=1S/C20H36N8O2/c1-19(2,3)11-23-15-13-14(26-17(27-15)21-7-9-29)16(24-12-20(4,5)6)28-18(25-13)22-8-10-30/h29-30H,7-12H2,1-6H3,(H2,21,23,26,27)(H2,22,24,25,28). The summed E-state index contributed by atoms with van der Waals surface area (Å²) in [4.78, 5) is 18.4. The molecular formula is C20H36N8O2. The Kier molecular flexibility index (Phi) is 7.96. The number of aliphatic hydroxyl groups is 2. The smallest absolute Gasteiger partial charge is 0.225 e. The third-order valence-corrected chi connectivity index (χ3v) is 3.91. The fourth-order valence-electron chi connectivity index (χ4n) is 2.45. The molecule has 0 aromatic carbocycles. The molecule has 30 heavy (non-hydrogen) atoms. The predicted molar refractivity (Wildman–Crippen MR) is 122 cm³/mol. The molecule has 0 atom stereocenters. The summed E-state index contributed by atoms with van der Waals surface area (Å²) < 4.78 is 0. The summed E-state index contributed by atoms with van der Waals surface area (Å²) in [5.41, 5.74) is 1.24. The minimum absolute atomic E-state index is 0.0260. The molecule has 0 unspecified atom stereocenters. The fourth-order valence-corrected chi connectivity index (χ4v) is 2.45.